The van der Waals surface area contributed by atoms with Gasteiger partial charge in [-0.05, 0) is 42.2 Å². The number of hydrogen-bond donors (Lipinski definition) is 2. The van der Waals surface area contributed by atoms with Crippen LogP contribution >= 0.6 is 0 Å². The van der Waals surface area contributed by atoms with Gasteiger partial charge in [0.1, 0.15) is 5.75 Å². The lowest BCUT2D eigenvalue weighted by atomic mass is 9.91. The summed E-state index contributed by atoms with van der Waals surface area (Å²) in [5.41, 5.74) is -0.920. The molecule has 3 rings (SSSR count). The van der Waals surface area contributed by atoms with E-state index in [9.17, 15) is 9.90 Å². The number of carbonyl (C=O) groups excluding carboxylic acids is 1. The molecule has 0 spiro atoms. The zero-order valence-corrected chi connectivity index (χ0v) is 13.0. The van der Waals surface area contributed by atoms with Crippen molar-refractivity contribution in [1.82, 2.24) is 5.32 Å². The first-order valence-corrected chi connectivity index (χ1v) is 7.93. The molecule has 1 amide bonds. The highest BCUT2D eigenvalue weighted by Crippen LogP contribution is 2.21. The minimum absolute atomic E-state index is 0.0574. The highest BCUT2D eigenvalue weighted by molar-refractivity contribution is 5.84. The van der Waals surface area contributed by atoms with Crippen LogP contribution in [-0.4, -0.2) is 29.8 Å². The minimum atomic E-state index is -0.920. The summed E-state index contributed by atoms with van der Waals surface area (Å²) in [4.78, 5) is 11.9. The molecule has 0 aromatic heterocycles. The van der Waals surface area contributed by atoms with Gasteiger partial charge in [0, 0.05) is 0 Å². The molecule has 1 atom stereocenters. The van der Waals surface area contributed by atoms with E-state index in [-0.39, 0.29) is 19.1 Å². The van der Waals surface area contributed by atoms with Crippen LogP contribution in [0.3, 0.4) is 0 Å². The van der Waals surface area contributed by atoms with Crippen molar-refractivity contribution in [2.75, 3.05) is 13.2 Å². The van der Waals surface area contributed by atoms with Gasteiger partial charge in [-0.2, -0.15) is 0 Å². The topological polar surface area (TPSA) is 58.6 Å². The van der Waals surface area contributed by atoms with Crippen molar-refractivity contribution in [2.24, 2.45) is 0 Å². The van der Waals surface area contributed by atoms with E-state index in [2.05, 4.69) is 5.32 Å². The predicted octanol–water partition coefficient (Wildman–Crippen LogP) is 2.81. The summed E-state index contributed by atoms with van der Waals surface area (Å²) in [6, 6.07) is 13.7. The van der Waals surface area contributed by atoms with E-state index in [1.165, 1.54) is 0 Å². The molecule has 4 heteroatoms. The molecule has 4 nitrogen and oxygen atoms in total. The number of aliphatic hydroxyl groups is 1. The van der Waals surface area contributed by atoms with Crippen LogP contribution in [0.2, 0.25) is 0 Å². The van der Waals surface area contributed by atoms with Gasteiger partial charge in [0.05, 0.1) is 12.1 Å². The Morgan fingerprint density at radius 3 is 2.83 bits per heavy atom. The van der Waals surface area contributed by atoms with E-state index < -0.39 is 5.60 Å². The van der Waals surface area contributed by atoms with Crippen LogP contribution in [0.25, 0.3) is 10.8 Å². The summed E-state index contributed by atoms with van der Waals surface area (Å²) in [6.07, 6.45) is 6.34. The molecule has 0 saturated carbocycles. The molecule has 0 heterocycles. The summed E-state index contributed by atoms with van der Waals surface area (Å²) < 4.78 is 5.54. The lowest BCUT2D eigenvalue weighted by Crippen LogP contribution is -2.43. The normalized spacial score (nSPS) is 20.4. The molecular weight excluding hydrogens is 290 g/mol. The van der Waals surface area contributed by atoms with Crippen molar-refractivity contribution in [1.29, 1.82) is 0 Å². The number of amides is 1. The fourth-order valence-electron chi connectivity index (χ4n) is 2.77. The third kappa shape index (κ3) is 4.11. The molecule has 1 aliphatic carbocycles. The second-order valence-electron chi connectivity index (χ2n) is 5.97. The van der Waals surface area contributed by atoms with E-state index in [1.807, 2.05) is 48.5 Å². The number of hydrogen-bond acceptors (Lipinski definition) is 3. The first-order valence-electron chi connectivity index (χ1n) is 7.93. The van der Waals surface area contributed by atoms with Crippen LogP contribution in [-0.2, 0) is 4.79 Å². The average molecular weight is 311 g/mol. The molecule has 0 radical (unpaired) electrons. The Kier molecular flexibility index (Phi) is 4.63. The van der Waals surface area contributed by atoms with Crippen LogP contribution in [0, 0.1) is 0 Å². The second kappa shape index (κ2) is 6.84. The van der Waals surface area contributed by atoms with E-state index in [1.54, 1.807) is 6.08 Å². The van der Waals surface area contributed by atoms with Gasteiger partial charge in [-0.15, -0.1) is 0 Å². The standard InChI is InChI=1S/C19H21NO3/c21-18(20-14-19(22)10-4-1-5-11-19)13-23-17-9-8-15-6-2-3-7-16(15)12-17/h2-4,6-10,12,22H,1,5,11,13-14H2,(H,20,21). The van der Waals surface area contributed by atoms with Crippen LogP contribution in [0.1, 0.15) is 19.3 Å². The Morgan fingerprint density at radius 1 is 1.22 bits per heavy atom. The lowest BCUT2D eigenvalue weighted by Gasteiger charge is -2.27. The van der Waals surface area contributed by atoms with Crippen LogP contribution in [0.4, 0.5) is 0 Å². The van der Waals surface area contributed by atoms with Crippen LogP contribution in [0.15, 0.2) is 54.6 Å². The largest absolute Gasteiger partial charge is 0.484 e. The molecule has 23 heavy (non-hydrogen) atoms. The van der Waals surface area contributed by atoms with E-state index in [0.717, 1.165) is 23.6 Å². The summed E-state index contributed by atoms with van der Waals surface area (Å²) in [7, 11) is 0. The van der Waals surface area contributed by atoms with Gasteiger partial charge in [0.25, 0.3) is 5.91 Å². The van der Waals surface area contributed by atoms with Crippen molar-refractivity contribution >= 4 is 16.7 Å². The molecular formula is C19H21NO3. The first-order chi connectivity index (χ1) is 11.1. The molecule has 0 bridgehead atoms. The number of nitrogens with one attached hydrogen (secondary N) is 1. The number of carbonyl (C=O) groups is 1. The molecule has 2 N–H and O–H groups in total. The molecule has 2 aromatic carbocycles. The zero-order valence-electron chi connectivity index (χ0n) is 13.0. The summed E-state index contributed by atoms with van der Waals surface area (Å²) in [5, 5.41) is 15.2. The fourth-order valence-corrected chi connectivity index (χ4v) is 2.77. The van der Waals surface area contributed by atoms with Crippen molar-refractivity contribution in [3.63, 3.8) is 0 Å². The second-order valence-corrected chi connectivity index (χ2v) is 5.97. The van der Waals surface area contributed by atoms with Crippen molar-refractivity contribution in [3.8, 4) is 5.75 Å². The Morgan fingerprint density at radius 2 is 2.04 bits per heavy atom. The minimum Gasteiger partial charge on any atom is -0.484 e. The molecule has 0 fully saturated rings. The molecule has 0 aliphatic heterocycles. The third-order valence-electron chi connectivity index (χ3n) is 4.09. The summed E-state index contributed by atoms with van der Waals surface area (Å²) >= 11 is 0. The van der Waals surface area contributed by atoms with E-state index in [4.69, 9.17) is 4.74 Å². The molecule has 1 unspecified atom stereocenters. The van der Waals surface area contributed by atoms with Gasteiger partial charge in [0.2, 0.25) is 0 Å². The smallest absolute Gasteiger partial charge is 0.258 e. The Hall–Kier alpha value is -2.33. The molecule has 1 aliphatic rings. The van der Waals surface area contributed by atoms with Crippen molar-refractivity contribution in [3.05, 3.63) is 54.6 Å². The van der Waals surface area contributed by atoms with Gasteiger partial charge in [0.15, 0.2) is 6.61 Å². The van der Waals surface area contributed by atoms with Gasteiger partial charge in [-0.25, -0.2) is 0 Å². The SMILES string of the molecule is O=C(COc1ccc2ccccc2c1)NCC1(O)C=CCCC1. The number of ether oxygens (including phenoxy) is 1. The predicted molar refractivity (Wildman–Crippen MR) is 90.4 cm³/mol. The maximum absolute atomic E-state index is 11.9. The van der Waals surface area contributed by atoms with Gasteiger partial charge in [-0.3, -0.25) is 4.79 Å². The lowest BCUT2D eigenvalue weighted by molar-refractivity contribution is -0.124. The van der Waals surface area contributed by atoms with Gasteiger partial charge >= 0.3 is 0 Å². The average Bonchev–Trinajstić information content (AvgIpc) is 2.59. The quantitative estimate of drug-likeness (QED) is 0.835. The van der Waals surface area contributed by atoms with Crippen LogP contribution in [0.5, 0.6) is 5.75 Å². The van der Waals surface area contributed by atoms with E-state index in [0.29, 0.717) is 12.2 Å². The summed E-state index contributed by atoms with van der Waals surface area (Å²) in [5.74, 6) is 0.431. The Bertz CT molecular complexity index is 725. The number of fused-ring (bicyclic) bond motifs is 1. The third-order valence-corrected chi connectivity index (χ3v) is 4.09. The van der Waals surface area contributed by atoms with Crippen LogP contribution < -0.4 is 10.1 Å². The summed E-state index contributed by atoms with van der Waals surface area (Å²) in [6.45, 7) is 0.168. The van der Waals surface area contributed by atoms with Gasteiger partial charge < -0.3 is 15.2 Å². The number of allylic oxidation sites excluding steroid dienone is 1. The Labute approximate surface area is 135 Å². The molecule has 0 saturated heterocycles. The van der Waals surface area contributed by atoms with Gasteiger partial charge in [-0.1, -0.05) is 42.5 Å². The first kappa shape index (κ1) is 15.6. The van der Waals surface area contributed by atoms with Crippen molar-refractivity contribution in [2.45, 2.75) is 24.9 Å². The highest BCUT2D eigenvalue weighted by atomic mass is 16.5. The number of rotatable bonds is 5. The van der Waals surface area contributed by atoms with E-state index >= 15 is 0 Å². The maximum Gasteiger partial charge on any atom is 0.258 e. The zero-order chi connectivity index (χ0) is 16.1. The molecule has 2 aromatic rings. The molecule has 120 valence electrons. The fraction of sp³-hybridized carbons (Fsp3) is 0.316. The monoisotopic (exact) mass is 311 g/mol. The van der Waals surface area contributed by atoms with Crippen molar-refractivity contribution < 1.29 is 14.6 Å². The highest BCUT2D eigenvalue weighted by Gasteiger charge is 2.25. The maximum atomic E-state index is 11.9. The Balaban J connectivity index is 1.51. The number of benzene rings is 2.